The maximum atomic E-state index is 13.2. The molecule has 6 heteroatoms. The molecule has 0 aromatic heterocycles. The molecule has 0 radical (unpaired) electrons. The summed E-state index contributed by atoms with van der Waals surface area (Å²) in [7, 11) is 3.12. The molecule has 0 aliphatic heterocycles. The van der Waals surface area contributed by atoms with Crippen LogP contribution in [0.4, 0.5) is 4.39 Å². The standard InChI is InChI=1S/C15H16ClFN2O2/c1-20-13-6-3-9(7-14(13)21-2)15(19-18)11-5-4-10(17)8-12(11)16/h3-8,15,19H,18H2,1-2H3. The lowest BCUT2D eigenvalue weighted by Gasteiger charge is -2.19. The van der Waals surface area contributed by atoms with Crippen LogP contribution in [0.1, 0.15) is 17.2 Å². The number of hydrogen-bond acceptors (Lipinski definition) is 4. The molecule has 112 valence electrons. The Morgan fingerprint density at radius 1 is 1.10 bits per heavy atom. The van der Waals surface area contributed by atoms with Crippen molar-refractivity contribution in [3.8, 4) is 11.5 Å². The fraction of sp³-hybridized carbons (Fsp3) is 0.200. The van der Waals surface area contributed by atoms with E-state index in [-0.39, 0.29) is 0 Å². The summed E-state index contributed by atoms with van der Waals surface area (Å²) in [6.45, 7) is 0. The van der Waals surface area contributed by atoms with Crippen LogP contribution in [0.2, 0.25) is 5.02 Å². The molecule has 2 aromatic carbocycles. The number of hydrogen-bond donors (Lipinski definition) is 2. The number of benzene rings is 2. The van der Waals surface area contributed by atoms with Crippen molar-refractivity contribution in [2.75, 3.05) is 14.2 Å². The minimum absolute atomic E-state index is 0.299. The highest BCUT2D eigenvalue weighted by molar-refractivity contribution is 6.31. The van der Waals surface area contributed by atoms with Gasteiger partial charge in [0.15, 0.2) is 11.5 Å². The van der Waals surface area contributed by atoms with Crippen LogP contribution in [0.3, 0.4) is 0 Å². The zero-order chi connectivity index (χ0) is 15.4. The molecule has 0 heterocycles. The second-order valence-corrected chi connectivity index (χ2v) is 4.79. The average Bonchev–Trinajstić information content (AvgIpc) is 2.49. The van der Waals surface area contributed by atoms with Crippen LogP contribution in [0.25, 0.3) is 0 Å². The van der Waals surface area contributed by atoms with Crippen molar-refractivity contribution in [1.29, 1.82) is 0 Å². The molecule has 0 bridgehead atoms. The third-order valence-corrected chi connectivity index (χ3v) is 3.51. The predicted molar refractivity (Wildman–Crippen MR) is 80.1 cm³/mol. The molecular formula is C15H16ClFN2O2. The molecule has 3 N–H and O–H groups in total. The van der Waals surface area contributed by atoms with Crippen molar-refractivity contribution in [2.24, 2.45) is 5.84 Å². The Labute approximate surface area is 127 Å². The summed E-state index contributed by atoms with van der Waals surface area (Å²) in [5.41, 5.74) is 4.18. The Balaban J connectivity index is 2.46. The van der Waals surface area contributed by atoms with E-state index in [0.717, 1.165) is 5.56 Å². The number of rotatable bonds is 5. The number of ether oxygens (including phenoxy) is 2. The number of methoxy groups -OCH3 is 2. The fourth-order valence-corrected chi connectivity index (χ4v) is 2.41. The Morgan fingerprint density at radius 2 is 1.81 bits per heavy atom. The molecule has 2 rings (SSSR count). The lowest BCUT2D eigenvalue weighted by Crippen LogP contribution is -2.29. The molecule has 1 atom stereocenters. The smallest absolute Gasteiger partial charge is 0.161 e. The van der Waals surface area contributed by atoms with Crippen molar-refractivity contribution in [1.82, 2.24) is 5.43 Å². The van der Waals surface area contributed by atoms with E-state index in [9.17, 15) is 4.39 Å². The van der Waals surface area contributed by atoms with E-state index in [1.165, 1.54) is 12.1 Å². The minimum atomic E-state index is -0.396. The number of hydrazine groups is 1. The van der Waals surface area contributed by atoms with Gasteiger partial charge < -0.3 is 9.47 Å². The highest BCUT2D eigenvalue weighted by atomic mass is 35.5. The molecule has 0 spiro atoms. The summed E-state index contributed by atoms with van der Waals surface area (Å²) in [6, 6.07) is 9.20. The first-order valence-electron chi connectivity index (χ1n) is 6.23. The van der Waals surface area contributed by atoms with E-state index < -0.39 is 11.9 Å². The average molecular weight is 311 g/mol. The Bertz CT molecular complexity index is 637. The van der Waals surface area contributed by atoms with Gasteiger partial charge in [-0.15, -0.1) is 0 Å². The van der Waals surface area contributed by atoms with Crippen molar-refractivity contribution >= 4 is 11.6 Å². The van der Waals surface area contributed by atoms with E-state index in [1.807, 2.05) is 6.07 Å². The van der Waals surface area contributed by atoms with Crippen molar-refractivity contribution < 1.29 is 13.9 Å². The van der Waals surface area contributed by atoms with E-state index >= 15 is 0 Å². The second-order valence-electron chi connectivity index (χ2n) is 4.38. The normalized spacial score (nSPS) is 12.0. The second kappa shape index (κ2) is 6.76. The Kier molecular flexibility index (Phi) is 5.01. The van der Waals surface area contributed by atoms with Crippen LogP contribution < -0.4 is 20.7 Å². The van der Waals surface area contributed by atoms with Gasteiger partial charge >= 0.3 is 0 Å². The van der Waals surface area contributed by atoms with Crippen molar-refractivity contribution in [3.05, 3.63) is 58.4 Å². The molecule has 2 aromatic rings. The van der Waals surface area contributed by atoms with Gasteiger partial charge in [0, 0.05) is 5.02 Å². The van der Waals surface area contributed by atoms with Gasteiger partial charge in [0.25, 0.3) is 0 Å². The molecule has 0 amide bonds. The SMILES string of the molecule is COc1ccc(C(NN)c2ccc(F)cc2Cl)cc1OC. The molecule has 0 aliphatic rings. The third-order valence-electron chi connectivity index (χ3n) is 3.18. The zero-order valence-corrected chi connectivity index (χ0v) is 12.4. The zero-order valence-electron chi connectivity index (χ0n) is 11.7. The number of nitrogens with two attached hydrogens (primary N) is 1. The lowest BCUT2D eigenvalue weighted by molar-refractivity contribution is 0.354. The molecule has 1 unspecified atom stereocenters. The summed E-state index contributed by atoms with van der Waals surface area (Å²) >= 11 is 6.09. The highest BCUT2D eigenvalue weighted by Crippen LogP contribution is 2.34. The molecule has 0 aliphatic carbocycles. The summed E-state index contributed by atoms with van der Waals surface area (Å²) in [5.74, 6) is 6.43. The largest absolute Gasteiger partial charge is 0.493 e. The summed E-state index contributed by atoms with van der Waals surface area (Å²) in [6.07, 6.45) is 0. The van der Waals surface area contributed by atoms with Crippen LogP contribution in [0.5, 0.6) is 11.5 Å². The van der Waals surface area contributed by atoms with E-state index in [4.69, 9.17) is 26.9 Å². The molecular weight excluding hydrogens is 295 g/mol. The van der Waals surface area contributed by atoms with Gasteiger partial charge in [-0.2, -0.15) is 0 Å². The Hall–Kier alpha value is -1.82. The fourth-order valence-electron chi connectivity index (χ4n) is 2.13. The van der Waals surface area contributed by atoms with Gasteiger partial charge in [0.2, 0.25) is 0 Å². The molecule has 0 fully saturated rings. The highest BCUT2D eigenvalue weighted by Gasteiger charge is 2.18. The van der Waals surface area contributed by atoms with E-state index in [1.54, 1.807) is 32.4 Å². The molecule has 0 saturated heterocycles. The lowest BCUT2D eigenvalue weighted by atomic mass is 9.98. The van der Waals surface area contributed by atoms with Gasteiger partial charge in [-0.3, -0.25) is 5.84 Å². The van der Waals surface area contributed by atoms with Crippen LogP contribution in [-0.2, 0) is 0 Å². The third kappa shape index (κ3) is 3.26. The topological polar surface area (TPSA) is 56.5 Å². The number of nitrogens with one attached hydrogen (secondary N) is 1. The predicted octanol–water partition coefficient (Wildman–Crippen LogP) is 3.05. The van der Waals surface area contributed by atoms with Crippen molar-refractivity contribution in [3.63, 3.8) is 0 Å². The van der Waals surface area contributed by atoms with Gasteiger partial charge in [-0.1, -0.05) is 23.7 Å². The van der Waals surface area contributed by atoms with Crippen LogP contribution >= 0.6 is 11.6 Å². The maximum absolute atomic E-state index is 13.2. The first-order chi connectivity index (χ1) is 10.1. The van der Waals surface area contributed by atoms with Gasteiger partial charge in [0.1, 0.15) is 5.82 Å². The van der Waals surface area contributed by atoms with Crippen LogP contribution in [-0.4, -0.2) is 14.2 Å². The maximum Gasteiger partial charge on any atom is 0.161 e. The van der Waals surface area contributed by atoms with E-state index in [0.29, 0.717) is 22.1 Å². The van der Waals surface area contributed by atoms with Gasteiger partial charge in [0.05, 0.1) is 20.3 Å². The first-order valence-corrected chi connectivity index (χ1v) is 6.61. The van der Waals surface area contributed by atoms with Gasteiger partial charge in [-0.05, 0) is 35.4 Å². The quantitative estimate of drug-likeness (QED) is 0.658. The summed E-state index contributed by atoms with van der Waals surface area (Å²) < 4.78 is 23.6. The molecule has 4 nitrogen and oxygen atoms in total. The molecule has 0 saturated carbocycles. The molecule has 21 heavy (non-hydrogen) atoms. The number of halogens is 2. The van der Waals surface area contributed by atoms with Crippen molar-refractivity contribution in [2.45, 2.75) is 6.04 Å². The minimum Gasteiger partial charge on any atom is -0.493 e. The van der Waals surface area contributed by atoms with Crippen LogP contribution in [0.15, 0.2) is 36.4 Å². The van der Waals surface area contributed by atoms with Gasteiger partial charge in [-0.25, -0.2) is 9.82 Å². The Morgan fingerprint density at radius 3 is 2.38 bits per heavy atom. The monoisotopic (exact) mass is 310 g/mol. The first kappa shape index (κ1) is 15.6. The summed E-state index contributed by atoms with van der Waals surface area (Å²) in [5, 5.41) is 0.299. The summed E-state index contributed by atoms with van der Waals surface area (Å²) in [4.78, 5) is 0. The van der Waals surface area contributed by atoms with E-state index in [2.05, 4.69) is 5.43 Å². The van der Waals surface area contributed by atoms with Crippen LogP contribution in [0, 0.1) is 5.82 Å².